The van der Waals surface area contributed by atoms with Gasteiger partial charge in [-0.15, -0.1) is 0 Å². The lowest BCUT2D eigenvalue weighted by molar-refractivity contribution is -0.167. The van der Waals surface area contributed by atoms with E-state index in [0.717, 1.165) is 69.6 Å². The van der Waals surface area contributed by atoms with Crippen molar-refractivity contribution in [2.75, 3.05) is 13.2 Å². The lowest BCUT2D eigenvalue weighted by Gasteiger charge is -2.18. The molecule has 0 aromatic heterocycles. The zero-order valence-electron chi connectivity index (χ0n) is 40.4. The van der Waals surface area contributed by atoms with Crippen LogP contribution in [0.25, 0.3) is 0 Å². The van der Waals surface area contributed by atoms with Gasteiger partial charge in [0.15, 0.2) is 6.10 Å². The third kappa shape index (κ3) is 45.8. The first-order chi connectivity index (χ1) is 28.8. The highest BCUT2D eigenvalue weighted by Crippen LogP contribution is 2.18. The number of carbonyl (C=O) groups is 3. The van der Waals surface area contributed by atoms with Gasteiger partial charge in [0.1, 0.15) is 13.2 Å². The molecule has 0 aliphatic rings. The fourth-order valence-corrected chi connectivity index (χ4v) is 7.96. The topological polar surface area (TPSA) is 78.9 Å². The standard InChI is InChI=1S/C53H102O6/c1-6-8-9-10-11-12-13-14-15-20-23-30-35-40-45-53(56)59-50(47-58-52(55)44-39-34-29-25-24-27-32-37-42-49(5)7-2)46-57-51(54)43-38-33-28-22-19-17-16-18-21-26-31-36-41-48(3)4/h48-50H,6-47H2,1-5H3/t49?,50-/m0/s1. The molecule has 2 atom stereocenters. The molecule has 6 nitrogen and oxygen atoms in total. The molecule has 0 bridgehead atoms. The van der Waals surface area contributed by atoms with Crippen molar-refractivity contribution in [3.05, 3.63) is 0 Å². The summed E-state index contributed by atoms with van der Waals surface area (Å²) in [6.45, 7) is 11.4. The van der Waals surface area contributed by atoms with E-state index in [9.17, 15) is 14.4 Å². The van der Waals surface area contributed by atoms with Crippen molar-refractivity contribution < 1.29 is 28.6 Å². The van der Waals surface area contributed by atoms with Crippen LogP contribution in [0.3, 0.4) is 0 Å². The van der Waals surface area contributed by atoms with Gasteiger partial charge in [-0.25, -0.2) is 0 Å². The number of hydrogen-bond acceptors (Lipinski definition) is 6. The molecular weight excluding hydrogens is 733 g/mol. The summed E-state index contributed by atoms with van der Waals surface area (Å²) in [6.07, 6.45) is 46.5. The van der Waals surface area contributed by atoms with Crippen LogP contribution < -0.4 is 0 Å². The fourth-order valence-electron chi connectivity index (χ4n) is 7.96. The van der Waals surface area contributed by atoms with Crippen molar-refractivity contribution in [1.82, 2.24) is 0 Å². The Labute approximate surface area is 368 Å². The Hall–Kier alpha value is -1.59. The van der Waals surface area contributed by atoms with Gasteiger partial charge < -0.3 is 14.2 Å². The van der Waals surface area contributed by atoms with Crippen LogP contribution in [-0.2, 0) is 28.6 Å². The predicted molar refractivity (Wildman–Crippen MR) is 252 cm³/mol. The monoisotopic (exact) mass is 835 g/mol. The third-order valence-electron chi connectivity index (χ3n) is 12.3. The molecule has 0 heterocycles. The van der Waals surface area contributed by atoms with Gasteiger partial charge in [0.2, 0.25) is 0 Å². The first-order valence-corrected chi connectivity index (χ1v) is 26.3. The van der Waals surface area contributed by atoms with E-state index in [1.165, 1.54) is 180 Å². The summed E-state index contributed by atoms with van der Waals surface area (Å²) in [5.74, 6) is 0.834. The Kier molecular flexibility index (Phi) is 44.7. The Morgan fingerprint density at radius 1 is 0.356 bits per heavy atom. The summed E-state index contributed by atoms with van der Waals surface area (Å²) < 4.78 is 16.8. The molecule has 6 heteroatoms. The average molecular weight is 835 g/mol. The van der Waals surface area contributed by atoms with Gasteiger partial charge in [-0.1, -0.05) is 253 Å². The van der Waals surface area contributed by atoms with Gasteiger partial charge in [0.05, 0.1) is 0 Å². The van der Waals surface area contributed by atoms with Crippen molar-refractivity contribution in [3.8, 4) is 0 Å². The number of unbranched alkanes of at least 4 members (excludes halogenated alkanes) is 31. The van der Waals surface area contributed by atoms with Crippen molar-refractivity contribution in [3.63, 3.8) is 0 Å². The highest BCUT2D eigenvalue weighted by molar-refractivity contribution is 5.71. The van der Waals surface area contributed by atoms with Crippen LogP contribution in [0.1, 0.15) is 291 Å². The van der Waals surface area contributed by atoms with Crippen LogP contribution in [0.15, 0.2) is 0 Å². The SMILES string of the molecule is CCCCCCCCCCCCCCCCC(=O)O[C@@H](COC(=O)CCCCCCCCCCCCCCC(C)C)COC(=O)CCCCCCCCCCC(C)CC. The maximum atomic E-state index is 12.8. The first-order valence-electron chi connectivity index (χ1n) is 26.3. The maximum Gasteiger partial charge on any atom is 0.306 e. The average Bonchev–Trinajstić information content (AvgIpc) is 3.22. The molecule has 0 fully saturated rings. The van der Waals surface area contributed by atoms with Gasteiger partial charge in [0.25, 0.3) is 0 Å². The van der Waals surface area contributed by atoms with Gasteiger partial charge in [-0.05, 0) is 31.1 Å². The predicted octanol–water partition coefficient (Wildman–Crippen LogP) is 16.9. The molecule has 0 rings (SSSR count). The van der Waals surface area contributed by atoms with Crippen molar-refractivity contribution in [1.29, 1.82) is 0 Å². The highest BCUT2D eigenvalue weighted by Gasteiger charge is 2.19. The number of esters is 3. The Bertz CT molecular complexity index is 902. The fraction of sp³-hybridized carbons (Fsp3) is 0.943. The second-order valence-corrected chi connectivity index (χ2v) is 18.9. The lowest BCUT2D eigenvalue weighted by atomic mass is 9.99. The van der Waals surface area contributed by atoms with Crippen LogP contribution in [0.2, 0.25) is 0 Å². The van der Waals surface area contributed by atoms with E-state index in [2.05, 4.69) is 34.6 Å². The lowest BCUT2D eigenvalue weighted by Crippen LogP contribution is -2.30. The quantitative estimate of drug-likeness (QED) is 0.0345. The van der Waals surface area contributed by atoms with Crippen molar-refractivity contribution >= 4 is 17.9 Å². The molecule has 0 saturated heterocycles. The summed E-state index contributed by atoms with van der Waals surface area (Å²) in [7, 11) is 0. The highest BCUT2D eigenvalue weighted by atomic mass is 16.6. The number of hydrogen-bond donors (Lipinski definition) is 0. The molecular formula is C53H102O6. The number of rotatable bonds is 47. The molecule has 59 heavy (non-hydrogen) atoms. The summed E-state index contributed by atoms with van der Waals surface area (Å²) in [5.41, 5.74) is 0. The van der Waals surface area contributed by atoms with Gasteiger partial charge in [-0.2, -0.15) is 0 Å². The normalized spacial score (nSPS) is 12.5. The van der Waals surface area contributed by atoms with E-state index in [1.54, 1.807) is 0 Å². The minimum Gasteiger partial charge on any atom is -0.462 e. The molecule has 0 aliphatic heterocycles. The van der Waals surface area contributed by atoms with E-state index in [4.69, 9.17) is 14.2 Å². The first kappa shape index (κ1) is 57.4. The van der Waals surface area contributed by atoms with E-state index in [1.807, 2.05) is 0 Å². The molecule has 0 aliphatic carbocycles. The molecule has 0 spiro atoms. The van der Waals surface area contributed by atoms with E-state index in [0.29, 0.717) is 19.3 Å². The Morgan fingerprint density at radius 3 is 0.966 bits per heavy atom. The molecule has 0 aromatic carbocycles. The van der Waals surface area contributed by atoms with Crippen molar-refractivity contribution in [2.45, 2.75) is 298 Å². The van der Waals surface area contributed by atoms with Crippen LogP contribution in [0, 0.1) is 11.8 Å². The second kappa shape index (κ2) is 45.9. The molecule has 0 radical (unpaired) electrons. The molecule has 1 unspecified atom stereocenters. The third-order valence-corrected chi connectivity index (χ3v) is 12.3. The largest absolute Gasteiger partial charge is 0.462 e. The minimum absolute atomic E-state index is 0.0638. The maximum absolute atomic E-state index is 12.8. The van der Waals surface area contributed by atoms with Crippen LogP contribution in [0.4, 0.5) is 0 Å². The van der Waals surface area contributed by atoms with E-state index in [-0.39, 0.29) is 31.1 Å². The van der Waals surface area contributed by atoms with Crippen molar-refractivity contribution in [2.24, 2.45) is 11.8 Å². The van der Waals surface area contributed by atoms with Crippen LogP contribution >= 0.6 is 0 Å². The minimum atomic E-state index is -0.762. The Morgan fingerprint density at radius 2 is 0.644 bits per heavy atom. The smallest absolute Gasteiger partial charge is 0.306 e. The Balaban J connectivity index is 4.32. The molecule has 0 amide bonds. The summed E-state index contributed by atoms with van der Waals surface area (Å²) in [6, 6.07) is 0. The van der Waals surface area contributed by atoms with Gasteiger partial charge in [-0.3, -0.25) is 14.4 Å². The zero-order chi connectivity index (χ0) is 43.3. The number of carbonyl (C=O) groups excluding carboxylic acids is 3. The van der Waals surface area contributed by atoms with Crippen LogP contribution in [-0.4, -0.2) is 37.2 Å². The number of ether oxygens (including phenoxy) is 3. The molecule has 0 saturated carbocycles. The second-order valence-electron chi connectivity index (χ2n) is 18.9. The summed E-state index contributed by atoms with van der Waals surface area (Å²) in [4.78, 5) is 38.0. The van der Waals surface area contributed by atoms with Crippen LogP contribution in [0.5, 0.6) is 0 Å². The zero-order valence-corrected chi connectivity index (χ0v) is 40.4. The van der Waals surface area contributed by atoms with E-state index < -0.39 is 6.10 Å². The van der Waals surface area contributed by atoms with Gasteiger partial charge in [0, 0.05) is 19.3 Å². The van der Waals surface area contributed by atoms with E-state index >= 15 is 0 Å². The van der Waals surface area contributed by atoms with Gasteiger partial charge >= 0.3 is 17.9 Å². The molecule has 0 N–H and O–H groups in total. The molecule has 0 aromatic rings. The molecule has 350 valence electrons. The summed E-state index contributed by atoms with van der Waals surface area (Å²) >= 11 is 0. The summed E-state index contributed by atoms with van der Waals surface area (Å²) in [5, 5.41) is 0.